The molecule has 0 aliphatic carbocycles. The van der Waals surface area contributed by atoms with Crippen molar-refractivity contribution in [3.05, 3.63) is 35.4 Å². The van der Waals surface area contributed by atoms with Crippen molar-refractivity contribution in [2.45, 2.75) is 32.2 Å². The summed E-state index contributed by atoms with van der Waals surface area (Å²) in [5.74, 6) is 1.17. The third-order valence-electron chi connectivity index (χ3n) is 3.20. The summed E-state index contributed by atoms with van der Waals surface area (Å²) >= 11 is 1.71. The molecule has 20 heavy (non-hydrogen) atoms. The number of amides is 1. The first kappa shape index (κ1) is 19.3. The first-order valence-electron chi connectivity index (χ1n) is 6.63. The van der Waals surface area contributed by atoms with Gasteiger partial charge in [0.1, 0.15) is 0 Å². The first-order chi connectivity index (χ1) is 9.04. The maximum atomic E-state index is 11.8. The van der Waals surface area contributed by atoms with E-state index in [1.54, 1.807) is 11.8 Å². The molecule has 1 rings (SSSR count). The van der Waals surface area contributed by atoms with Crippen molar-refractivity contribution >= 4 is 30.1 Å². The van der Waals surface area contributed by atoms with Crippen LogP contribution in [0.2, 0.25) is 0 Å². The number of nitrogens with one attached hydrogen (secondary N) is 1. The zero-order valence-electron chi connectivity index (χ0n) is 12.4. The highest BCUT2D eigenvalue weighted by Crippen LogP contribution is 2.14. The van der Waals surface area contributed by atoms with Crippen LogP contribution in [-0.4, -0.2) is 30.5 Å². The fourth-order valence-electron chi connectivity index (χ4n) is 1.77. The van der Waals surface area contributed by atoms with E-state index in [0.29, 0.717) is 12.5 Å². The number of halogens is 1. The Hall–Kier alpha value is -0.710. The van der Waals surface area contributed by atoms with Gasteiger partial charge >= 0.3 is 0 Å². The lowest BCUT2D eigenvalue weighted by Gasteiger charge is -2.16. The molecule has 0 aliphatic rings. The van der Waals surface area contributed by atoms with Crippen molar-refractivity contribution in [1.82, 2.24) is 5.32 Å². The number of hydrogen-bond donors (Lipinski definition) is 2. The summed E-state index contributed by atoms with van der Waals surface area (Å²) in [5, 5.41) is 2.93. The number of benzene rings is 1. The molecule has 1 unspecified atom stereocenters. The molecule has 2 atom stereocenters. The molecule has 0 fully saturated rings. The van der Waals surface area contributed by atoms with E-state index in [-0.39, 0.29) is 18.3 Å². The van der Waals surface area contributed by atoms with Crippen LogP contribution in [0.15, 0.2) is 24.3 Å². The van der Waals surface area contributed by atoms with E-state index in [1.165, 1.54) is 11.1 Å². The average Bonchev–Trinajstić information content (AvgIpc) is 2.42. The summed E-state index contributed by atoms with van der Waals surface area (Å²) in [5.41, 5.74) is 8.31. The topological polar surface area (TPSA) is 55.1 Å². The fraction of sp³-hybridized carbons (Fsp3) is 0.533. The van der Waals surface area contributed by atoms with Gasteiger partial charge in [-0.1, -0.05) is 36.8 Å². The third kappa shape index (κ3) is 6.64. The van der Waals surface area contributed by atoms with Crippen molar-refractivity contribution in [3.8, 4) is 0 Å². The van der Waals surface area contributed by atoms with E-state index >= 15 is 0 Å². The van der Waals surface area contributed by atoms with Crippen molar-refractivity contribution in [2.24, 2.45) is 5.73 Å². The smallest absolute Gasteiger partial charge is 0.236 e. The molecule has 0 heterocycles. The Morgan fingerprint density at radius 1 is 1.35 bits per heavy atom. The SMILES string of the molecule is CSCC[C@H](N)C(=O)NCC(C)c1ccc(C)cc1.Cl. The van der Waals surface area contributed by atoms with Gasteiger partial charge in [0.2, 0.25) is 5.91 Å². The second kappa shape index (κ2) is 10.1. The Labute approximate surface area is 132 Å². The molecule has 1 aromatic carbocycles. The molecule has 1 amide bonds. The van der Waals surface area contributed by atoms with Gasteiger partial charge in [-0.05, 0) is 36.8 Å². The predicted molar refractivity (Wildman–Crippen MR) is 90.8 cm³/mol. The van der Waals surface area contributed by atoms with Gasteiger partial charge in [0.25, 0.3) is 0 Å². The number of carbonyl (C=O) groups is 1. The first-order valence-corrected chi connectivity index (χ1v) is 8.02. The fourth-order valence-corrected chi connectivity index (χ4v) is 2.26. The molecule has 0 aliphatic heterocycles. The second-order valence-electron chi connectivity index (χ2n) is 4.94. The second-order valence-corrected chi connectivity index (χ2v) is 5.93. The maximum absolute atomic E-state index is 11.8. The molecule has 0 spiro atoms. The summed E-state index contributed by atoms with van der Waals surface area (Å²) in [4.78, 5) is 11.8. The van der Waals surface area contributed by atoms with E-state index in [9.17, 15) is 4.79 Å². The van der Waals surface area contributed by atoms with Crippen LogP contribution in [0.5, 0.6) is 0 Å². The lowest BCUT2D eigenvalue weighted by molar-refractivity contribution is -0.122. The monoisotopic (exact) mass is 316 g/mol. The minimum atomic E-state index is -0.391. The number of aryl methyl sites for hydroxylation is 1. The molecule has 3 N–H and O–H groups in total. The van der Waals surface area contributed by atoms with Crippen LogP contribution in [0.3, 0.4) is 0 Å². The molecular formula is C15H25ClN2OS. The average molecular weight is 317 g/mol. The molecule has 0 saturated heterocycles. The molecule has 0 aromatic heterocycles. The van der Waals surface area contributed by atoms with Crippen molar-refractivity contribution < 1.29 is 4.79 Å². The summed E-state index contributed by atoms with van der Waals surface area (Å²) in [6.07, 6.45) is 2.75. The summed E-state index contributed by atoms with van der Waals surface area (Å²) in [6, 6.07) is 8.02. The van der Waals surface area contributed by atoms with Gasteiger partial charge in [-0.25, -0.2) is 0 Å². The van der Waals surface area contributed by atoms with Crippen LogP contribution in [0.1, 0.15) is 30.4 Å². The Morgan fingerprint density at radius 2 is 1.95 bits per heavy atom. The summed E-state index contributed by atoms with van der Waals surface area (Å²) in [6.45, 7) is 4.81. The van der Waals surface area contributed by atoms with Crippen molar-refractivity contribution in [3.63, 3.8) is 0 Å². The summed E-state index contributed by atoms with van der Waals surface area (Å²) in [7, 11) is 0. The van der Waals surface area contributed by atoms with Crippen LogP contribution in [-0.2, 0) is 4.79 Å². The van der Waals surface area contributed by atoms with Crippen LogP contribution < -0.4 is 11.1 Å². The number of thioether (sulfide) groups is 1. The maximum Gasteiger partial charge on any atom is 0.236 e. The number of nitrogens with two attached hydrogens (primary N) is 1. The third-order valence-corrected chi connectivity index (χ3v) is 3.84. The quantitative estimate of drug-likeness (QED) is 0.813. The van der Waals surface area contributed by atoms with E-state index < -0.39 is 6.04 Å². The lowest BCUT2D eigenvalue weighted by atomic mass is 10.00. The molecule has 0 saturated carbocycles. The molecule has 0 radical (unpaired) electrons. The van der Waals surface area contributed by atoms with Crippen LogP contribution in [0.4, 0.5) is 0 Å². The highest BCUT2D eigenvalue weighted by molar-refractivity contribution is 7.98. The highest BCUT2D eigenvalue weighted by atomic mass is 35.5. The molecule has 5 heteroatoms. The van der Waals surface area contributed by atoms with Gasteiger partial charge in [-0.3, -0.25) is 4.79 Å². The molecule has 114 valence electrons. The Balaban J connectivity index is 0.00000361. The highest BCUT2D eigenvalue weighted by Gasteiger charge is 2.14. The Morgan fingerprint density at radius 3 is 2.50 bits per heavy atom. The molecular weight excluding hydrogens is 292 g/mol. The van der Waals surface area contributed by atoms with E-state index in [0.717, 1.165) is 12.2 Å². The standard InChI is InChI=1S/C15H24N2OS.ClH/c1-11-4-6-13(7-5-11)12(2)10-17-15(18)14(16)8-9-19-3;/h4-7,12,14H,8-10,16H2,1-3H3,(H,17,18);1H/t12?,14-;/m0./s1. The minimum Gasteiger partial charge on any atom is -0.354 e. The van der Waals surface area contributed by atoms with Gasteiger partial charge in [0, 0.05) is 6.54 Å². The van der Waals surface area contributed by atoms with Gasteiger partial charge in [-0.2, -0.15) is 11.8 Å². The lowest BCUT2D eigenvalue weighted by Crippen LogP contribution is -2.42. The molecule has 1 aromatic rings. The van der Waals surface area contributed by atoms with Gasteiger partial charge < -0.3 is 11.1 Å². The minimum absolute atomic E-state index is 0. The zero-order chi connectivity index (χ0) is 14.3. The Kier molecular flexibility index (Phi) is 9.72. The van der Waals surface area contributed by atoms with E-state index in [2.05, 4.69) is 43.4 Å². The van der Waals surface area contributed by atoms with Crippen LogP contribution >= 0.6 is 24.2 Å². The zero-order valence-corrected chi connectivity index (χ0v) is 14.0. The molecule has 3 nitrogen and oxygen atoms in total. The van der Waals surface area contributed by atoms with E-state index in [1.807, 2.05) is 6.26 Å². The number of hydrogen-bond acceptors (Lipinski definition) is 3. The van der Waals surface area contributed by atoms with E-state index in [4.69, 9.17) is 5.73 Å². The Bertz CT molecular complexity index is 397. The summed E-state index contributed by atoms with van der Waals surface area (Å²) < 4.78 is 0. The van der Waals surface area contributed by atoms with Crippen molar-refractivity contribution in [2.75, 3.05) is 18.6 Å². The number of carbonyl (C=O) groups excluding carboxylic acids is 1. The van der Waals surface area contributed by atoms with Gasteiger partial charge in [-0.15, -0.1) is 12.4 Å². The van der Waals surface area contributed by atoms with Gasteiger partial charge in [0.15, 0.2) is 0 Å². The van der Waals surface area contributed by atoms with Crippen LogP contribution in [0.25, 0.3) is 0 Å². The molecule has 0 bridgehead atoms. The van der Waals surface area contributed by atoms with Crippen LogP contribution in [0, 0.1) is 6.92 Å². The number of rotatable bonds is 7. The van der Waals surface area contributed by atoms with Crippen molar-refractivity contribution in [1.29, 1.82) is 0 Å². The predicted octanol–water partition coefficient (Wildman–Crippen LogP) is 2.72. The normalized spacial score (nSPS) is 13.2. The van der Waals surface area contributed by atoms with Gasteiger partial charge in [0.05, 0.1) is 6.04 Å². The largest absolute Gasteiger partial charge is 0.354 e.